The minimum absolute atomic E-state index is 0.0344. The lowest BCUT2D eigenvalue weighted by Crippen LogP contribution is -2.42. The van der Waals surface area contributed by atoms with E-state index in [1.54, 1.807) is 7.11 Å². The summed E-state index contributed by atoms with van der Waals surface area (Å²) in [6, 6.07) is 7.83. The lowest BCUT2D eigenvalue weighted by molar-refractivity contribution is -0.120. The first-order valence-electron chi connectivity index (χ1n) is 7.08. The Kier molecular flexibility index (Phi) is 5.43. The van der Waals surface area contributed by atoms with E-state index >= 15 is 0 Å². The van der Waals surface area contributed by atoms with Crippen LogP contribution in [0.1, 0.15) is 5.56 Å². The number of nitrogens with zero attached hydrogens (tertiary/aromatic N) is 2. The number of amides is 1. The van der Waals surface area contributed by atoms with Crippen molar-refractivity contribution in [3.63, 3.8) is 0 Å². The molecule has 114 valence electrons. The van der Waals surface area contributed by atoms with E-state index in [0.717, 1.165) is 36.8 Å². The highest BCUT2D eigenvalue weighted by Gasteiger charge is 2.12. The minimum atomic E-state index is -0.0344. The van der Waals surface area contributed by atoms with Gasteiger partial charge in [0.15, 0.2) is 5.96 Å². The molecule has 0 fully saturated rings. The molecule has 1 heterocycles. The lowest BCUT2D eigenvalue weighted by atomic mass is 10.1. The Morgan fingerprint density at radius 1 is 1.43 bits per heavy atom. The van der Waals surface area contributed by atoms with Gasteiger partial charge in [0.2, 0.25) is 5.91 Å². The Balaban J connectivity index is 1.69. The van der Waals surface area contributed by atoms with Crippen LogP contribution in [0, 0.1) is 0 Å². The molecule has 1 aromatic carbocycles. The van der Waals surface area contributed by atoms with Crippen molar-refractivity contribution in [2.75, 3.05) is 40.3 Å². The molecule has 0 aromatic heterocycles. The number of ether oxygens (including phenoxy) is 1. The highest BCUT2D eigenvalue weighted by atomic mass is 16.5. The number of carbonyl (C=O) groups is 1. The SMILES string of the molecule is COc1ccccc1CCNC(=O)CNC1=NCCN1C. The van der Waals surface area contributed by atoms with Crippen LogP contribution in [-0.2, 0) is 11.2 Å². The van der Waals surface area contributed by atoms with Crippen LogP contribution in [-0.4, -0.2) is 57.1 Å². The first-order chi connectivity index (χ1) is 10.2. The zero-order valence-electron chi connectivity index (χ0n) is 12.6. The molecule has 0 saturated carbocycles. The monoisotopic (exact) mass is 290 g/mol. The van der Waals surface area contributed by atoms with E-state index in [4.69, 9.17) is 4.74 Å². The molecule has 0 atom stereocenters. The average Bonchev–Trinajstić information content (AvgIpc) is 2.91. The van der Waals surface area contributed by atoms with Crippen molar-refractivity contribution in [2.45, 2.75) is 6.42 Å². The predicted octanol–water partition coefficient (Wildman–Crippen LogP) is 0.245. The van der Waals surface area contributed by atoms with Crippen LogP contribution in [0.5, 0.6) is 5.75 Å². The Labute approximate surface area is 125 Å². The largest absolute Gasteiger partial charge is 0.496 e. The topological polar surface area (TPSA) is 66.0 Å². The Hall–Kier alpha value is -2.24. The normalized spacial score (nSPS) is 13.8. The summed E-state index contributed by atoms with van der Waals surface area (Å²) in [5.74, 6) is 1.61. The summed E-state index contributed by atoms with van der Waals surface area (Å²) in [6.45, 7) is 2.52. The Morgan fingerprint density at radius 2 is 2.24 bits per heavy atom. The van der Waals surface area contributed by atoms with Gasteiger partial charge in [-0.05, 0) is 18.1 Å². The molecule has 21 heavy (non-hydrogen) atoms. The molecule has 6 nitrogen and oxygen atoms in total. The van der Waals surface area contributed by atoms with Crippen molar-refractivity contribution < 1.29 is 9.53 Å². The van der Waals surface area contributed by atoms with Gasteiger partial charge in [0.25, 0.3) is 0 Å². The second-order valence-corrected chi connectivity index (χ2v) is 4.89. The molecule has 0 spiro atoms. The highest BCUT2D eigenvalue weighted by molar-refractivity contribution is 5.87. The number of hydrogen-bond acceptors (Lipinski definition) is 5. The molecule has 0 radical (unpaired) electrons. The molecule has 2 N–H and O–H groups in total. The Bertz CT molecular complexity index is 516. The van der Waals surface area contributed by atoms with Crippen LogP contribution in [0.3, 0.4) is 0 Å². The summed E-state index contributed by atoms with van der Waals surface area (Å²) < 4.78 is 5.28. The fourth-order valence-corrected chi connectivity index (χ4v) is 2.19. The van der Waals surface area contributed by atoms with Gasteiger partial charge < -0.3 is 20.3 Å². The number of guanidine groups is 1. The second kappa shape index (κ2) is 7.52. The maximum absolute atomic E-state index is 11.8. The van der Waals surface area contributed by atoms with E-state index in [2.05, 4.69) is 15.6 Å². The number of carbonyl (C=O) groups excluding carboxylic acids is 1. The van der Waals surface area contributed by atoms with Crippen molar-refractivity contribution in [1.82, 2.24) is 15.5 Å². The van der Waals surface area contributed by atoms with E-state index in [-0.39, 0.29) is 12.5 Å². The van der Waals surface area contributed by atoms with Gasteiger partial charge in [0, 0.05) is 20.1 Å². The molecule has 6 heteroatoms. The molecule has 0 unspecified atom stereocenters. The summed E-state index contributed by atoms with van der Waals surface area (Å²) in [6.07, 6.45) is 0.747. The van der Waals surface area contributed by atoms with E-state index in [1.807, 2.05) is 36.2 Å². The third-order valence-corrected chi connectivity index (χ3v) is 3.37. The molecule has 1 aliphatic rings. The number of hydrogen-bond donors (Lipinski definition) is 2. The molecule has 1 aromatic rings. The van der Waals surface area contributed by atoms with Crippen molar-refractivity contribution >= 4 is 11.9 Å². The third kappa shape index (κ3) is 4.37. The number of nitrogens with one attached hydrogen (secondary N) is 2. The van der Waals surface area contributed by atoms with Crippen LogP contribution in [0.4, 0.5) is 0 Å². The fourth-order valence-electron chi connectivity index (χ4n) is 2.19. The average molecular weight is 290 g/mol. The molecule has 0 aliphatic carbocycles. The zero-order valence-corrected chi connectivity index (χ0v) is 12.6. The van der Waals surface area contributed by atoms with E-state index in [9.17, 15) is 4.79 Å². The molecular weight excluding hydrogens is 268 g/mol. The second-order valence-electron chi connectivity index (χ2n) is 4.89. The maximum Gasteiger partial charge on any atom is 0.239 e. The van der Waals surface area contributed by atoms with Gasteiger partial charge in [-0.1, -0.05) is 18.2 Å². The van der Waals surface area contributed by atoms with E-state index < -0.39 is 0 Å². The summed E-state index contributed by atoms with van der Waals surface area (Å²) >= 11 is 0. The van der Waals surface area contributed by atoms with Crippen LogP contribution in [0.15, 0.2) is 29.3 Å². The van der Waals surface area contributed by atoms with E-state index in [0.29, 0.717) is 6.54 Å². The van der Waals surface area contributed by atoms with Gasteiger partial charge in [0.05, 0.1) is 20.2 Å². The molecule has 0 saturated heterocycles. The first-order valence-corrected chi connectivity index (χ1v) is 7.08. The summed E-state index contributed by atoms with van der Waals surface area (Å²) in [5, 5.41) is 5.93. The van der Waals surface area contributed by atoms with Crippen LogP contribution < -0.4 is 15.4 Å². The Morgan fingerprint density at radius 3 is 2.95 bits per heavy atom. The van der Waals surface area contributed by atoms with Gasteiger partial charge in [-0.15, -0.1) is 0 Å². The minimum Gasteiger partial charge on any atom is -0.496 e. The number of methoxy groups -OCH3 is 1. The standard InChI is InChI=1S/C15H22N4O2/c1-19-10-9-17-15(19)18-11-14(20)16-8-7-12-5-3-4-6-13(12)21-2/h3-6H,7-11H2,1-2H3,(H,16,20)(H,17,18). The summed E-state index contributed by atoms with van der Waals surface area (Å²) in [5.41, 5.74) is 1.09. The lowest BCUT2D eigenvalue weighted by Gasteiger charge is -2.15. The van der Waals surface area contributed by atoms with Gasteiger partial charge in [-0.2, -0.15) is 0 Å². The number of likely N-dealkylation sites (N-methyl/N-ethyl adjacent to an activating group) is 1. The zero-order chi connectivity index (χ0) is 15.1. The maximum atomic E-state index is 11.8. The van der Waals surface area contributed by atoms with Crippen molar-refractivity contribution in [2.24, 2.45) is 4.99 Å². The smallest absolute Gasteiger partial charge is 0.239 e. The molecular formula is C15H22N4O2. The van der Waals surface area contributed by atoms with Gasteiger partial charge in [-0.3, -0.25) is 9.79 Å². The van der Waals surface area contributed by atoms with Crippen LogP contribution >= 0.6 is 0 Å². The number of aliphatic imine (C=N–C) groups is 1. The predicted molar refractivity (Wildman–Crippen MR) is 82.6 cm³/mol. The fraction of sp³-hybridized carbons (Fsp3) is 0.467. The quantitative estimate of drug-likeness (QED) is 0.788. The van der Waals surface area contributed by atoms with Crippen molar-refractivity contribution in [1.29, 1.82) is 0 Å². The number of rotatable bonds is 6. The third-order valence-electron chi connectivity index (χ3n) is 3.37. The molecule has 2 rings (SSSR count). The number of benzene rings is 1. The summed E-state index contributed by atoms with van der Waals surface area (Å²) in [7, 11) is 3.61. The molecule has 1 aliphatic heterocycles. The van der Waals surface area contributed by atoms with Crippen LogP contribution in [0.25, 0.3) is 0 Å². The summed E-state index contributed by atoms with van der Waals surface area (Å²) in [4.78, 5) is 18.0. The van der Waals surface area contributed by atoms with Gasteiger partial charge >= 0.3 is 0 Å². The van der Waals surface area contributed by atoms with Gasteiger partial charge in [0.1, 0.15) is 5.75 Å². The van der Waals surface area contributed by atoms with E-state index in [1.165, 1.54) is 0 Å². The van der Waals surface area contributed by atoms with Gasteiger partial charge in [-0.25, -0.2) is 0 Å². The van der Waals surface area contributed by atoms with Crippen LogP contribution in [0.2, 0.25) is 0 Å². The molecule has 0 bridgehead atoms. The highest BCUT2D eigenvalue weighted by Crippen LogP contribution is 2.17. The first kappa shape index (κ1) is 15.2. The van der Waals surface area contributed by atoms with Crippen molar-refractivity contribution in [3.05, 3.63) is 29.8 Å². The van der Waals surface area contributed by atoms with Crippen molar-refractivity contribution in [3.8, 4) is 5.75 Å². The number of para-hydroxylation sites is 1. The molecule has 1 amide bonds.